The molecule has 0 atom stereocenters. The molecule has 0 saturated heterocycles. The second-order valence-electron chi connectivity index (χ2n) is 4.35. The summed E-state index contributed by atoms with van der Waals surface area (Å²) in [5.74, 6) is 5.93. The maximum atomic E-state index is 13.2. The first-order valence-corrected chi connectivity index (χ1v) is 6.75. The largest absolute Gasteiger partial charge is 0.488 e. The Morgan fingerprint density at radius 2 is 2.05 bits per heavy atom. The van der Waals surface area contributed by atoms with Crippen LogP contribution in [0.15, 0.2) is 42.5 Å². The van der Waals surface area contributed by atoms with Gasteiger partial charge in [0.25, 0.3) is 0 Å². The summed E-state index contributed by atoms with van der Waals surface area (Å²) in [7, 11) is 0. The van der Waals surface area contributed by atoms with Gasteiger partial charge in [-0.3, -0.25) is 0 Å². The van der Waals surface area contributed by atoms with Gasteiger partial charge in [-0.05, 0) is 30.7 Å². The summed E-state index contributed by atoms with van der Waals surface area (Å²) >= 11 is 5.53. The Kier molecular flexibility index (Phi) is 5.03. The number of hydrogen-bond acceptors (Lipinski definition) is 1. The number of halogens is 2. The number of alkyl halides is 1. The lowest BCUT2D eigenvalue weighted by atomic mass is 10.1. The van der Waals surface area contributed by atoms with E-state index in [-0.39, 0.29) is 11.7 Å². The zero-order chi connectivity index (χ0) is 14.4. The molecule has 3 heteroatoms. The normalized spacial score (nSPS) is 9.75. The van der Waals surface area contributed by atoms with Crippen LogP contribution < -0.4 is 4.74 Å². The smallest absolute Gasteiger partial charge is 0.135 e. The molecule has 1 nitrogen and oxygen atoms in total. The van der Waals surface area contributed by atoms with Crippen molar-refractivity contribution in [2.75, 3.05) is 5.88 Å². The molecule has 0 amide bonds. The van der Waals surface area contributed by atoms with E-state index in [1.54, 1.807) is 6.07 Å². The van der Waals surface area contributed by atoms with Crippen molar-refractivity contribution in [1.29, 1.82) is 0 Å². The molecule has 2 rings (SSSR count). The van der Waals surface area contributed by atoms with Crippen molar-refractivity contribution in [2.24, 2.45) is 0 Å². The summed E-state index contributed by atoms with van der Waals surface area (Å²) < 4.78 is 19.0. The molecule has 0 spiro atoms. The molecule has 20 heavy (non-hydrogen) atoms. The minimum absolute atomic E-state index is 0.202. The van der Waals surface area contributed by atoms with Crippen molar-refractivity contribution in [1.82, 2.24) is 0 Å². The van der Waals surface area contributed by atoms with Gasteiger partial charge in [0, 0.05) is 0 Å². The highest BCUT2D eigenvalue weighted by Crippen LogP contribution is 2.20. The maximum Gasteiger partial charge on any atom is 0.135 e. The summed E-state index contributed by atoms with van der Waals surface area (Å²) in [5, 5.41) is 0. The van der Waals surface area contributed by atoms with Crippen molar-refractivity contribution in [3.63, 3.8) is 0 Å². The van der Waals surface area contributed by atoms with Crippen LogP contribution in [0, 0.1) is 24.6 Å². The number of ether oxygens (including phenoxy) is 1. The SMILES string of the molecule is Cc1cccc(COc2ccc(F)cc2C#CCCl)c1. The van der Waals surface area contributed by atoms with Crippen molar-refractivity contribution >= 4 is 11.6 Å². The van der Waals surface area contributed by atoms with Gasteiger partial charge in [0.1, 0.15) is 18.2 Å². The third-order valence-electron chi connectivity index (χ3n) is 2.71. The molecule has 0 bridgehead atoms. The zero-order valence-corrected chi connectivity index (χ0v) is 11.9. The van der Waals surface area contributed by atoms with E-state index in [2.05, 4.69) is 11.8 Å². The molecule has 0 fully saturated rings. The molecule has 0 aliphatic rings. The number of aryl methyl sites for hydroxylation is 1. The second kappa shape index (κ2) is 6.98. The van der Waals surface area contributed by atoms with Crippen LogP contribution in [-0.4, -0.2) is 5.88 Å². The minimum Gasteiger partial charge on any atom is -0.488 e. The topological polar surface area (TPSA) is 9.23 Å². The Morgan fingerprint density at radius 1 is 1.20 bits per heavy atom. The van der Waals surface area contributed by atoms with Crippen LogP contribution in [0.2, 0.25) is 0 Å². The highest BCUT2D eigenvalue weighted by Gasteiger charge is 2.04. The summed E-state index contributed by atoms with van der Waals surface area (Å²) in [4.78, 5) is 0. The molecule has 0 aliphatic heterocycles. The molecular weight excluding hydrogens is 275 g/mol. The summed E-state index contributed by atoms with van der Waals surface area (Å²) in [6.07, 6.45) is 0. The van der Waals surface area contributed by atoms with Gasteiger partial charge in [0.05, 0.1) is 11.4 Å². The maximum absolute atomic E-state index is 13.2. The van der Waals surface area contributed by atoms with Gasteiger partial charge in [0.2, 0.25) is 0 Å². The molecule has 2 aromatic carbocycles. The molecule has 0 aromatic heterocycles. The number of rotatable bonds is 3. The predicted octanol–water partition coefficient (Wildman–Crippen LogP) is 4.30. The number of benzene rings is 2. The third kappa shape index (κ3) is 4.01. The van der Waals surface area contributed by atoms with Gasteiger partial charge in [0.15, 0.2) is 0 Å². The second-order valence-corrected chi connectivity index (χ2v) is 4.62. The molecular formula is C17H14ClFO. The highest BCUT2D eigenvalue weighted by atomic mass is 35.5. The summed E-state index contributed by atoms with van der Waals surface area (Å²) in [5.41, 5.74) is 2.75. The van der Waals surface area contributed by atoms with Crippen LogP contribution in [-0.2, 0) is 6.61 Å². The molecule has 2 aromatic rings. The predicted molar refractivity (Wildman–Crippen MR) is 79.5 cm³/mol. The fraction of sp³-hybridized carbons (Fsp3) is 0.176. The molecule has 0 N–H and O–H groups in total. The van der Waals surface area contributed by atoms with Gasteiger partial charge in [-0.1, -0.05) is 41.7 Å². The van der Waals surface area contributed by atoms with Gasteiger partial charge in [-0.15, -0.1) is 11.6 Å². The molecule has 0 radical (unpaired) electrons. The van der Waals surface area contributed by atoms with Crippen LogP contribution in [0.5, 0.6) is 5.75 Å². The average Bonchev–Trinajstić information content (AvgIpc) is 2.44. The van der Waals surface area contributed by atoms with Gasteiger partial charge < -0.3 is 4.74 Å². The molecule has 0 heterocycles. The molecule has 0 saturated carbocycles. The quantitative estimate of drug-likeness (QED) is 0.604. The first-order chi connectivity index (χ1) is 9.69. The zero-order valence-electron chi connectivity index (χ0n) is 11.1. The Hall–Kier alpha value is -1.98. The van der Waals surface area contributed by atoms with E-state index in [9.17, 15) is 4.39 Å². The molecule has 102 valence electrons. The third-order valence-corrected chi connectivity index (χ3v) is 2.84. The first-order valence-electron chi connectivity index (χ1n) is 6.22. The van der Waals surface area contributed by atoms with Crippen molar-refractivity contribution < 1.29 is 9.13 Å². The van der Waals surface area contributed by atoms with Gasteiger partial charge >= 0.3 is 0 Å². The van der Waals surface area contributed by atoms with Crippen molar-refractivity contribution in [2.45, 2.75) is 13.5 Å². The Labute approximate surface area is 123 Å². The van der Waals surface area contributed by atoms with Crippen molar-refractivity contribution in [3.05, 3.63) is 65.0 Å². The lowest BCUT2D eigenvalue weighted by molar-refractivity contribution is 0.305. The summed E-state index contributed by atoms with van der Waals surface area (Å²) in [6, 6.07) is 12.3. The fourth-order valence-electron chi connectivity index (χ4n) is 1.82. The van der Waals surface area contributed by atoms with E-state index >= 15 is 0 Å². The Bertz CT molecular complexity index is 656. The van der Waals surface area contributed by atoms with Gasteiger partial charge in [-0.25, -0.2) is 4.39 Å². The minimum atomic E-state index is -0.341. The summed E-state index contributed by atoms with van der Waals surface area (Å²) in [6.45, 7) is 2.45. The van der Waals surface area contributed by atoms with Gasteiger partial charge in [-0.2, -0.15) is 0 Å². The Balaban J connectivity index is 2.16. The van der Waals surface area contributed by atoms with E-state index in [0.29, 0.717) is 17.9 Å². The van der Waals surface area contributed by atoms with Crippen LogP contribution in [0.25, 0.3) is 0 Å². The van der Waals surface area contributed by atoms with E-state index in [1.807, 2.05) is 31.2 Å². The van der Waals surface area contributed by atoms with E-state index < -0.39 is 0 Å². The van der Waals surface area contributed by atoms with Crippen LogP contribution in [0.4, 0.5) is 4.39 Å². The molecule has 0 unspecified atom stereocenters. The van der Waals surface area contributed by atoms with E-state index in [0.717, 1.165) is 5.56 Å². The lowest BCUT2D eigenvalue weighted by Crippen LogP contribution is -1.98. The first kappa shape index (κ1) is 14.4. The lowest BCUT2D eigenvalue weighted by Gasteiger charge is -2.09. The standard InChI is InChI=1S/C17H14ClFO/c1-13-4-2-5-14(10-13)12-20-17-8-7-16(19)11-15(17)6-3-9-18/h2,4-5,7-8,10-11H,9,12H2,1H3. The Morgan fingerprint density at radius 3 is 2.80 bits per heavy atom. The van der Waals surface area contributed by atoms with Crippen LogP contribution in [0.3, 0.4) is 0 Å². The van der Waals surface area contributed by atoms with Crippen molar-refractivity contribution in [3.8, 4) is 17.6 Å². The molecule has 0 aliphatic carbocycles. The van der Waals surface area contributed by atoms with E-state index in [4.69, 9.17) is 16.3 Å². The number of hydrogen-bond donors (Lipinski definition) is 0. The fourth-order valence-corrected chi connectivity index (χ4v) is 1.88. The average molecular weight is 289 g/mol. The van der Waals surface area contributed by atoms with Crippen LogP contribution >= 0.6 is 11.6 Å². The van der Waals surface area contributed by atoms with E-state index in [1.165, 1.54) is 17.7 Å². The highest BCUT2D eigenvalue weighted by molar-refractivity contribution is 6.19. The van der Waals surface area contributed by atoms with Crippen LogP contribution in [0.1, 0.15) is 16.7 Å². The monoisotopic (exact) mass is 288 g/mol.